The number of rotatable bonds is 9. The van der Waals surface area contributed by atoms with Crippen molar-refractivity contribution in [2.45, 2.75) is 45.8 Å². The molecule has 0 spiro atoms. The number of hydrogen-bond acceptors (Lipinski definition) is 10. The van der Waals surface area contributed by atoms with E-state index in [0.29, 0.717) is 18.1 Å². The van der Waals surface area contributed by atoms with Crippen molar-refractivity contribution in [3.63, 3.8) is 0 Å². The van der Waals surface area contributed by atoms with E-state index in [0.717, 1.165) is 35.7 Å². The van der Waals surface area contributed by atoms with Crippen molar-refractivity contribution in [1.82, 2.24) is 29.0 Å². The highest BCUT2D eigenvalue weighted by Crippen LogP contribution is 2.29. The van der Waals surface area contributed by atoms with E-state index in [1.54, 1.807) is 9.47 Å². The molecule has 0 saturated carbocycles. The van der Waals surface area contributed by atoms with Gasteiger partial charge in [0.15, 0.2) is 11.5 Å². The first-order valence-corrected chi connectivity index (χ1v) is 15.2. The second-order valence-corrected chi connectivity index (χ2v) is 11.0. The maximum Gasteiger partial charge on any atom is 0.433 e. The largest absolute Gasteiger partial charge is 0.506 e. The molecule has 0 atom stereocenters. The van der Waals surface area contributed by atoms with Gasteiger partial charge in [0.2, 0.25) is 17.5 Å². The van der Waals surface area contributed by atoms with Crippen LogP contribution in [0.2, 0.25) is 0 Å². The second kappa shape index (κ2) is 13.7. The monoisotopic (exact) mass is 669 g/mol. The number of halogens is 3. The Hall–Kier alpha value is -5.48. The van der Waals surface area contributed by atoms with Crippen molar-refractivity contribution >= 4 is 40.4 Å². The number of fused-ring (bicyclic) bond motifs is 1. The highest BCUT2D eigenvalue weighted by molar-refractivity contribution is 6.44. The lowest BCUT2D eigenvalue weighted by molar-refractivity contribution is -0.141. The number of nitrogens with zero attached hydrogens (tertiary/aromatic N) is 8. The van der Waals surface area contributed by atoms with Crippen LogP contribution in [0.4, 0.5) is 24.5 Å². The summed E-state index contributed by atoms with van der Waals surface area (Å²) in [4.78, 5) is 55.8. The maximum atomic E-state index is 14.1. The van der Waals surface area contributed by atoms with Crippen molar-refractivity contribution in [3.05, 3.63) is 76.6 Å². The van der Waals surface area contributed by atoms with Crippen LogP contribution in [-0.2, 0) is 33.5 Å². The standard InChI is InChI=1S/C31H34F3N9O5/c1-5-21-26(40-12-14-41(15-13-40)28(46)25(19(4)44)35-6-2)29(47)43-30(38-27(39-43)22-9-7-8-16-48-22)42(21)17-24(45)37-20-10-11-23(31(32,33)34)36-18(20)3/h6,9-11,44H,2,4-5,7-8,12-17H2,1,3H3,(H,37,45). The number of carbonyl (C=O) groups is 2. The fourth-order valence-electron chi connectivity index (χ4n) is 5.56. The molecular weight excluding hydrogens is 635 g/mol. The first kappa shape index (κ1) is 33.9. The third-order valence-corrected chi connectivity index (χ3v) is 7.85. The first-order valence-electron chi connectivity index (χ1n) is 15.2. The molecule has 0 aromatic carbocycles. The summed E-state index contributed by atoms with van der Waals surface area (Å²) < 4.78 is 47.8. The molecule has 2 amide bonds. The van der Waals surface area contributed by atoms with Crippen LogP contribution in [0, 0.1) is 6.92 Å². The number of aryl methyl sites for hydroxylation is 1. The number of carbonyl (C=O) groups excluding carboxylic acids is 2. The molecule has 2 aliphatic heterocycles. The summed E-state index contributed by atoms with van der Waals surface area (Å²) in [6.45, 7) is 10.9. The fraction of sp³-hybridized carbons (Fsp3) is 0.387. The summed E-state index contributed by atoms with van der Waals surface area (Å²) in [5.41, 5.74) is -1.04. The minimum Gasteiger partial charge on any atom is -0.506 e. The van der Waals surface area contributed by atoms with Crippen LogP contribution in [0.15, 0.2) is 53.1 Å². The zero-order valence-corrected chi connectivity index (χ0v) is 26.4. The molecule has 3 aromatic rings. The zero-order chi connectivity index (χ0) is 34.7. The van der Waals surface area contributed by atoms with Crippen LogP contribution in [0.1, 0.15) is 42.7 Å². The number of aliphatic hydroxyl groups excluding tert-OH is 1. The van der Waals surface area contributed by atoms with E-state index in [1.807, 2.05) is 13.0 Å². The molecule has 2 N–H and O–H groups in total. The van der Waals surface area contributed by atoms with Crippen LogP contribution in [-0.4, -0.2) is 84.5 Å². The number of nitrogens with one attached hydrogen (secondary N) is 1. The third kappa shape index (κ3) is 6.79. The first-order chi connectivity index (χ1) is 22.8. The number of hydrogen-bond donors (Lipinski definition) is 2. The Morgan fingerprint density at radius 3 is 2.50 bits per heavy atom. The zero-order valence-electron chi connectivity index (χ0n) is 26.4. The van der Waals surface area contributed by atoms with Crippen LogP contribution < -0.4 is 15.8 Å². The molecule has 0 radical (unpaired) electrons. The van der Waals surface area contributed by atoms with E-state index in [-0.39, 0.29) is 73.5 Å². The minimum absolute atomic E-state index is 0.0238. The molecule has 0 bridgehead atoms. The molecule has 5 heterocycles. The second-order valence-electron chi connectivity index (χ2n) is 11.0. The summed E-state index contributed by atoms with van der Waals surface area (Å²) in [7, 11) is 0. The highest BCUT2D eigenvalue weighted by atomic mass is 19.4. The average molecular weight is 670 g/mol. The molecule has 2 aliphatic rings. The smallest absolute Gasteiger partial charge is 0.433 e. The van der Waals surface area contributed by atoms with Crippen molar-refractivity contribution in [3.8, 4) is 0 Å². The van der Waals surface area contributed by atoms with E-state index in [9.17, 15) is 32.7 Å². The Kier molecular flexibility index (Phi) is 9.67. The van der Waals surface area contributed by atoms with Crippen LogP contribution >= 0.6 is 0 Å². The molecule has 1 fully saturated rings. The van der Waals surface area contributed by atoms with E-state index >= 15 is 0 Å². The Labute approximate surface area is 272 Å². The average Bonchev–Trinajstić information content (AvgIpc) is 3.51. The van der Waals surface area contributed by atoms with Crippen LogP contribution in [0.25, 0.3) is 11.5 Å². The van der Waals surface area contributed by atoms with Crippen molar-refractivity contribution < 1.29 is 32.6 Å². The third-order valence-electron chi connectivity index (χ3n) is 7.85. The van der Waals surface area contributed by atoms with Gasteiger partial charge in [-0.15, -0.1) is 5.10 Å². The molecule has 17 heteroatoms. The van der Waals surface area contributed by atoms with Crippen molar-refractivity contribution in [1.29, 1.82) is 0 Å². The fourth-order valence-corrected chi connectivity index (χ4v) is 5.56. The number of allylic oxidation sites excluding steroid dienone is 1. The number of anilines is 2. The lowest BCUT2D eigenvalue weighted by atomic mass is 10.2. The molecular formula is C31H34F3N9O5. The van der Waals surface area contributed by atoms with Gasteiger partial charge in [-0.2, -0.15) is 22.7 Å². The van der Waals surface area contributed by atoms with Gasteiger partial charge in [0, 0.05) is 32.4 Å². The van der Waals surface area contributed by atoms with E-state index in [4.69, 9.17) is 4.74 Å². The maximum absolute atomic E-state index is 14.1. The Balaban J connectivity index is 1.52. The molecule has 14 nitrogen and oxygen atoms in total. The van der Waals surface area contributed by atoms with Gasteiger partial charge in [0.05, 0.1) is 23.7 Å². The lowest BCUT2D eigenvalue weighted by Gasteiger charge is -2.36. The quantitative estimate of drug-likeness (QED) is 0.258. The van der Waals surface area contributed by atoms with E-state index in [2.05, 4.69) is 38.5 Å². The topological polar surface area (TPSA) is 160 Å². The number of aromatic nitrogens is 5. The lowest BCUT2D eigenvalue weighted by Crippen LogP contribution is -2.52. The van der Waals surface area contributed by atoms with Gasteiger partial charge in [-0.3, -0.25) is 14.4 Å². The van der Waals surface area contributed by atoms with Crippen LogP contribution in [0.3, 0.4) is 0 Å². The van der Waals surface area contributed by atoms with Crippen LogP contribution in [0.5, 0.6) is 0 Å². The number of aliphatic hydroxyl groups is 1. The van der Waals surface area contributed by atoms with Gasteiger partial charge in [0.25, 0.3) is 11.5 Å². The number of ether oxygens (including phenoxy) is 1. The normalized spacial score (nSPS) is 15.6. The summed E-state index contributed by atoms with van der Waals surface area (Å²) >= 11 is 0. The molecule has 0 unspecified atom stereocenters. The predicted molar refractivity (Wildman–Crippen MR) is 171 cm³/mol. The number of pyridine rings is 1. The van der Waals surface area contributed by atoms with Gasteiger partial charge in [0.1, 0.15) is 23.7 Å². The summed E-state index contributed by atoms with van der Waals surface area (Å²) in [6.07, 6.45) is 0.142. The Morgan fingerprint density at radius 2 is 1.92 bits per heavy atom. The summed E-state index contributed by atoms with van der Waals surface area (Å²) in [5, 5.41) is 16.9. The number of amides is 2. The van der Waals surface area contributed by atoms with Gasteiger partial charge in [-0.1, -0.05) is 20.1 Å². The molecule has 254 valence electrons. The Morgan fingerprint density at radius 1 is 1.19 bits per heavy atom. The SMILES string of the molecule is C=CN=C(C(=C)O)C(=O)N1CCN(c2c(CC)n(CC(=O)Nc3ccc(C(F)(F)F)nc3C)c3nc(C4=CCCCO4)nn3c2=O)CC1. The van der Waals surface area contributed by atoms with Gasteiger partial charge in [-0.25, -0.2) is 9.98 Å². The number of aliphatic imine (C=N–C) groups is 1. The number of piperazine rings is 1. The summed E-state index contributed by atoms with van der Waals surface area (Å²) in [5.74, 6) is -1.00. The van der Waals surface area contributed by atoms with Crippen molar-refractivity contribution in [2.24, 2.45) is 4.99 Å². The van der Waals surface area contributed by atoms with Crippen molar-refractivity contribution in [2.75, 3.05) is 43.0 Å². The predicted octanol–water partition coefficient (Wildman–Crippen LogP) is 3.27. The van der Waals surface area contributed by atoms with Gasteiger partial charge >= 0.3 is 6.18 Å². The molecule has 3 aromatic heterocycles. The molecule has 48 heavy (non-hydrogen) atoms. The van der Waals surface area contributed by atoms with E-state index < -0.39 is 35.0 Å². The molecule has 1 saturated heterocycles. The highest BCUT2D eigenvalue weighted by Gasteiger charge is 2.33. The molecule has 5 rings (SSSR count). The van der Waals surface area contributed by atoms with E-state index in [1.165, 1.54) is 11.8 Å². The van der Waals surface area contributed by atoms with Gasteiger partial charge in [-0.05, 0) is 44.4 Å². The molecule has 0 aliphatic carbocycles. The number of alkyl halides is 3. The summed E-state index contributed by atoms with van der Waals surface area (Å²) in [6, 6.07) is 1.92. The van der Waals surface area contributed by atoms with Gasteiger partial charge < -0.3 is 29.5 Å². The minimum atomic E-state index is -4.64. The Bertz CT molecular complexity index is 1900.